The number of ether oxygens (including phenoxy) is 1. The van der Waals surface area contributed by atoms with Gasteiger partial charge in [0, 0.05) is 18.4 Å². The highest BCUT2D eigenvalue weighted by Gasteiger charge is 2.37. The van der Waals surface area contributed by atoms with E-state index < -0.39 is 6.17 Å². The third-order valence-corrected chi connectivity index (χ3v) is 4.71. The molecule has 28 heavy (non-hydrogen) atoms. The molecule has 0 saturated heterocycles. The minimum atomic E-state index is -0.395. The van der Waals surface area contributed by atoms with Crippen LogP contribution < -0.4 is 5.32 Å². The maximum atomic E-state index is 13.0. The van der Waals surface area contributed by atoms with Crippen LogP contribution in [0.5, 0.6) is 0 Å². The van der Waals surface area contributed by atoms with Crippen molar-refractivity contribution < 1.29 is 14.3 Å². The van der Waals surface area contributed by atoms with Crippen molar-refractivity contribution in [3.05, 3.63) is 95.3 Å². The molecule has 0 bridgehead atoms. The molecule has 4 rings (SSSR count). The van der Waals surface area contributed by atoms with Crippen LogP contribution in [0, 0.1) is 0 Å². The van der Waals surface area contributed by atoms with Crippen LogP contribution in [0.2, 0.25) is 0 Å². The third kappa shape index (κ3) is 3.32. The maximum absolute atomic E-state index is 13.0. The number of hydrogen-bond acceptors (Lipinski definition) is 5. The van der Waals surface area contributed by atoms with E-state index in [0.717, 1.165) is 11.3 Å². The predicted octanol–water partition coefficient (Wildman–Crippen LogP) is 3.63. The van der Waals surface area contributed by atoms with Crippen molar-refractivity contribution in [1.29, 1.82) is 0 Å². The largest absolute Gasteiger partial charge is 0.465 e. The standard InChI is InChI=1S/C22H19N3O3/c1-28-22(27)16-9-11-17(12-10-16)24-20-19-18(8-5-13-23-19)21(26)25(20)14-15-6-3-2-4-7-15/h2-13,20,24H,14H2,1H3/t20-/m1/s1. The summed E-state index contributed by atoms with van der Waals surface area (Å²) in [5.74, 6) is -0.448. The van der Waals surface area contributed by atoms with Gasteiger partial charge in [0.15, 0.2) is 0 Å². The predicted molar refractivity (Wildman–Crippen MR) is 105 cm³/mol. The van der Waals surface area contributed by atoms with Gasteiger partial charge in [0.05, 0.1) is 23.9 Å². The fourth-order valence-corrected chi connectivity index (χ4v) is 3.30. The molecule has 0 aliphatic carbocycles. The van der Waals surface area contributed by atoms with E-state index in [1.807, 2.05) is 30.3 Å². The Morgan fingerprint density at radius 1 is 1.07 bits per heavy atom. The monoisotopic (exact) mass is 373 g/mol. The lowest BCUT2D eigenvalue weighted by Gasteiger charge is -2.26. The maximum Gasteiger partial charge on any atom is 0.337 e. The molecule has 1 aliphatic heterocycles. The molecule has 2 aromatic carbocycles. The van der Waals surface area contributed by atoms with Gasteiger partial charge in [0.1, 0.15) is 6.17 Å². The summed E-state index contributed by atoms with van der Waals surface area (Å²) in [4.78, 5) is 30.8. The van der Waals surface area contributed by atoms with Gasteiger partial charge < -0.3 is 15.0 Å². The molecule has 0 saturated carbocycles. The van der Waals surface area contributed by atoms with E-state index in [9.17, 15) is 9.59 Å². The third-order valence-electron chi connectivity index (χ3n) is 4.71. The Morgan fingerprint density at radius 3 is 2.54 bits per heavy atom. The van der Waals surface area contributed by atoms with Gasteiger partial charge in [-0.05, 0) is 42.0 Å². The summed E-state index contributed by atoms with van der Waals surface area (Å²) in [6.45, 7) is 0.466. The molecule has 6 nitrogen and oxygen atoms in total. The highest BCUT2D eigenvalue weighted by molar-refractivity contribution is 5.99. The quantitative estimate of drug-likeness (QED) is 0.692. The molecular formula is C22H19N3O3. The van der Waals surface area contributed by atoms with Crippen LogP contribution in [0.4, 0.5) is 5.69 Å². The second-order valence-electron chi connectivity index (χ2n) is 6.47. The number of rotatable bonds is 5. The van der Waals surface area contributed by atoms with E-state index in [-0.39, 0.29) is 11.9 Å². The van der Waals surface area contributed by atoms with Crippen molar-refractivity contribution in [1.82, 2.24) is 9.88 Å². The molecule has 0 fully saturated rings. The van der Waals surface area contributed by atoms with Crippen molar-refractivity contribution in [3.8, 4) is 0 Å². The Bertz CT molecular complexity index is 1000. The second-order valence-corrected chi connectivity index (χ2v) is 6.47. The van der Waals surface area contributed by atoms with Crippen molar-refractivity contribution in [2.45, 2.75) is 12.7 Å². The van der Waals surface area contributed by atoms with Gasteiger partial charge in [0.25, 0.3) is 5.91 Å². The molecule has 0 spiro atoms. The molecule has 0 unspecified atom stereocenters. The fourth-order valence-electron chi connectivity index (χ4n) is 3.30. The van der Waals surface area contributed by atoms with E-state index in [1.54, 1.807) is 47.5 Å². The molecule has 1 aromatic heterocycles. The van der Waals surface area contributed by atoms with Crippen molar-refractivity contribution in [2.24, 2.45) is 0 Å². The number of aromatic nitrogens is 1. The molecule has 0 radical (unpaired) electrons. The normalized spacial score (nSPS) is 15.2. The highest BCUT2D eigenvalue weighted by Crippen LogP contribution is 2.34. The molecule has 140 valence electrons. The van der Waals surface area contributed by atoms with Crippen LogP contribution in [0.15, 0.2) is 72.9 Å². The minimum Gasteiger partial charge on any atom is -0.465 e. The number of pyridine rings is 1. The summed E-state index contributed by atoms with van der Waals surface area (Å²) in [7, 11) is 1.35. The Labute approximate surface area is 162 Å². The summed E-state index contributed by atoms with van der Waals surface area (Å²) < 4.78 is 4.73. The Hall–Kier alpha value is -3.67. The molecule has 2 heterocycles. The average Bonchev–Trinajstić information content (AvgIpc) is 3.00. The van der Waals surface area contributed by atoms with Crippen molar-refractivity contribution in [3.63, 3.8) is 0 Å². The molecule has 6 heteroatoms. The number of carbonyl (C=O) groups excluding carboxylic acids is 2. The van der Waals surface area contributed by atoms with Gasteiger partial charge in [-0.3, -0.25) is 9.78 Å². The second kappa shape index (κ2) is 7.52. The zero-order valence-electron chi connectivity index (χ0n) is 15.3. The number of fused-ring (bicyclic) bond motifs is 1. The first-order valence-corrected chi connectivity index (χ1v) is 8.92. The first-order valence-electron chi connectivity index (χ1n) is 8.92. The molecule has 1 N–H and O–H groups in total. The lowest BCUT2D eigenvalue weighted by molar-refractivity contribution is 0.0600. The highest BCUT2D eigenvalue weighted by atomic mass is 16.5. The summed E-state index contributed by atoms with van der Waals surface area (Å²) in [6.07, 6.45) is 1.29. The first kappa shape index (κ1) is 17.7. The number of hydrogen-bond donors (Lipinski definition) is 1. The number of methoxy groups -OCH3 is 1. The van der Waals surface area contributed by atoms with Crippen LogP contribution in [0.1, 0.15) is 38.1 Å². The Balaban J connectivity index is 1.63. The molecule has 1 amide bonds. The van der Waals surface area contributed by atoms with Crippen LogP contribution >= 0.6 is 0 Å². The lowest BCUT2D eigenvalue weighted by Crippen LogP contribution is -2.32. The number of carbonyl (C=O) groups is 2. The van der Waals surface area contributed by atoms with E-state index >= 15 is 0 Å². The number of benzene rings is 2. The smallest absolute Gasteiger partial charge is 0.337 e. The minimum absolute atomic E-state index is 0.0596. The lowest BCUT2D eigenvalue weighted by atomic mass is 10.2. The van der Waals surface area contributed by atoms with Gasteiger partial charge in [0.2, 0.25) is 0 Å². The van der Waals surface area contributed by atoms with Crippen LogP contribution in [0.3, 0.4) is 0 Å². The number of nitrogens with one attached hydrogen (secondary N) is 1. The van der Waals surface area contributed by atoms with Crippen molar-refractivity contribution >= 4 is 17.6 Å². The summed E-state index contributed by atoms with van der Waals surface area (Å²) >= 11 is 0. The number of amides is 1. The van der Waals surface area contributed by atoms with Crippen LogP contribution in [-0.2, 0) is 11.3 Å². The van der Waals surface area contributed by atoms with E-state index in [2.05, 4.69) is 10.3 Å². The van der Waals surface area contributed by atoms with Gasteiger partial charge in [-0.2, -0.15) is 0 Å². The molecule has 3 aromatic rings. The number of nitrogens with zero attached hydrogens (tertiary/aromatic N) is 2. The van der Waals surface area contributed by atoms with Gasteiger partial charge >= 0.3 is 5.97 Å². The van der Waals surface area contributed by atoms with Gasteiger partial charge in [-0.25, -0.2) is 4.79 Å². The van der Waals surface area contributed by atoms with Gasteiger partial charge in [-0.15, -0.1) is 0 Å². The zero-order valence-corrected chi connectivity index (χ0v) is 15.3. The van der Waals surface area contributed by atoms with E-state index in [0.29, 0.717) is 23.4 Å². The number of anilines is 1. The van der Waals surface area contributed by atoms with Gasteiger partial charge in [-0.1, -0.05) is 30.3 Å². The summed E-state index contributed by atoms with van der Waals surface area (Å²) in [5.41, 5.74) is 3.58. The Morgan fingerprint density at radius 2 is 1.82 bits per heavy atom. The molecule has 1 aliphatic rings. The first-order chi connectivity index (χ1) is 13.7. The SMILES string of the molecule is COC(=O)c1ccc(N[C@H]2c3ncccc3C(=O)N2Cc2ccccc2)cc1. The van der Waals surface area contributed by atoms with Crippen molar-refractivity contribution in [2.75, 3.05) is 12.4 Å². The topological polar surface area (TPSA) is 71.5 Å². The zero-order chi connectivity index (χ0) is 19.5. The Kier molecular flexibility index (Phi) is 4.76. The van der Waals surface area contributed by atoms with Crippen LogP contribution in [-0.4, -0.2) is 28.9 Å². The van der Waals surface area contributed by atoms with E-state index in [1.165, 1.54) is 7.11 Å². The van der Waals surface area contributed by atoms with Crippen LogP contribution in [0.25, 0.3) is 0 Å². The number of esters is 1. The summed E-state index contributed by atoms with van der Waals surface area (Å²) in [6, 6.07) is 20.4. The summed E-state index contributed by atoms with van der Waals surface area (Å²) in [5, 5.41) is 3.37. The molecule has 1 atom stereocenters. The average molecular weight is 373 g/mol. The fraction of sp³-hybridized carbons (Fsp3) is 0.136. The van der Waals surface area contributed by atoms with E-state index in [4.69, 9.17) is 4.74 Å². The molecular weight excluding hydrogens is 354 g/mol.